The molecule has 9 nitrogen and oxygen atoms in total. The number of aromatic amines is 1. The van der Waals surface area contributed by atoms with Crippen LogP contribution in [0.4, 0.5) is 11.8 Å². The van der Waals surface area contributed by atoms with Gasteiger partial charge in [-0.1, -0.05) is 18.2 Å². The Morgan fingerprint density at radius 3 is 2.64 bits per heavy atom. The predicted molar refractivity (Wildman–Crippen MR) is 126 cm³/mol. The number of hydrogen-bond acceptors (Lipinski definition) is 7. The minimum atomic E-state index is -0.303. The van der Waals surface area contributed by atoms with Crippen LogP contribution in [0.3, 0.4) is 0 Å². The van der Waals surface area contributed by atoms with Crippen molar-refractivity contribution in [1.29, 1.82) is 0 Å². The number of nitrogens with zero attached hydrogens (tertiary/aromatic N) is 4. The molecule has 1 saturated heterocycles. The highest BCUT2D eigenvalue weighted by Gasteiger charge is 2.23. The van der Waals surface area contributed by atoms with Gasteiger partial charge in [0, 0.05) is 24.5 Å². The number of rotatable bonds is 6. The average molecular weight is 444 g/mol. The summed E-state index contributed by atoms with van der Waals surface area (Å²) in [6.07, 6.45) is 2.17. The van der Waals surface area contributed by atoms with Crippen LogP contribution in [-0.4, -0.2) is 53.4 Å². The Bertz CT molecular complexity index is 1310. The van der Waals surface area contributed by atoms with Crippen molar-refractivity contribution in [3.05, 3.63) is 54.1 Å². The maximum absolute atomic E-state index is 13.3. The second-order valence-corrected chi connectivity index (χ2v) is 7.77. The van der Waals surface area contributed by atoms with Crippen molar-refractivity contribution in [2.24, 2.45) is 0 Å². The molecular weight excluding hydrogens is 420 g/mol. The summed E-state index contributed by atoms with van der Waals surface area (Å²) in [6, 6.07) is 15.1. The molecule has 0 spiro atoms. The Balaban J connectivity index is 1.45. The summed E-state index contributed by atoms with van der Waals surface area (Å²) >= 11 is 0. The first-order chi connectivity index (χ1) is 16.2. The van der Waals surface area contributed by atoms with Crippen molar-refractivity contribution < 1.29 is 14.3 Å². The van der Waals surface area contributed by atoms with Crippen LogP contribution < -0.4 is 19.7 Å². The van der Waals surface area contributed by atoms with Crippen LogP contribution in [0, 0.1) is 0 Å². The summed E-state index contributed by atoms with van der Waals surface area (Å²) in [5, 5.41) is 10.8. The molecular formula is C24H24N6O3. The van der Waals surface area contributed by atoms with Gasteiger partial charge in [0.1, 0.15) is 17.3 Å². The summed E-state index contributed by atoms with van der Waals surface area (Å²) in [6.45, 7) is 1.77. The van der Waals surface area contributed by atoms with Gasteiger partial charge in [-0.3, -0.25) is 15.2 Å². The fraction of sp³-hybridized carbons (Fsp3) is 0.250. The van der Waals surface area contributed by atoms with Gasteiger partial charge in [0.05, 0.1) is 30.9 Å². The predicted octanol–water partition coefficient (Wildman–Crippen LogP) is 3.89. The molecule has 0 aliphatic carbocycles. The zero-order valence-corrected chi connectivity index (χ0v) is 18.5. The molecule has 33 heavy (non-hydrogen) atoms. The van der Waals surface area contributed by atoms with Gasteiger partial charge >= 0.3 is 0 Å². The number of carbonyl (C=O) groups excluding carboxylic acids is 1. The molecule has 2 aromatic heterocycles. The van der Waals surface area contributed by atoms with E-state index in [1.807, 2.05) is 42.5 Å². The minimum Gasteiger partial charge on any atom is -0.497 e. The quantitative estimate of drug-likeness (QED) is 0.465. The van der Waals surface area contributed by atoms with Gasteiger partial charge in [0.25, 0.3) is 5.91 Å². The minimum absolute atomic E-state index is 0.174. The molecule has 2 N–H and O–H groups in total. The maximum atomic E-state index is 13.3. The van der Waals surface area contributed by atoms with Crippen LogP contribution >= 0.6 is 0 Å². The number of hydrogen-bond donors (Lipinski definition) is 2. The van der Waals surface area contributed by atoms with Gasteiger partial charge in [-0.15, -0.1) is 5.10 Å². The van der Waals surface area contributed by atoms with E-state index in [-0.39, 0.29) is 11.9 Å². The molecule has 1 amide bonds. The molecule has 0 atom stereocenters. The maximum Gasteiger partial charge on any atom is 0.261 e. The van der Waals surface area contributed by atoms with E-state index in [9.17, 15) is 4.79 Å². The zero-order chi connectivity index (χ0) is 22.8. The van der Waals surface area contributed by atoms with Crippen LogP contribution in [-0.2, 0) is 0 Å². The molecule has 0 saturated carbocycles. The van der Waals surface area contributed by atoms with Crippen molar-refractivity contribution in [2.75, 3.05) is 37.5 Å². The van der Waals surface area contributed by atoms with Crippen LogP contribution in [0.5, 0.6) is 11.5 Å². The van der Waals surface area contributed by atoms with E-state index < -0.39 is 0 Å². The summed E-state index contributed by atoms with van der Waals surface area (Å²) in [4.78, 5) is 24.7. The van der Waals surface area contributed by atoms with Crippen molar-refractivity contribution in [3.63, 3.8) is 0 Å². The summed E-state index contributed by atoms with van der Waals surface area (Å²) in [7, 11) is 3.17. The summed E-state index contributed by atoms with van der Waals surface area (Å²) in [5.74, 6) is 2.29. The van der Waals surface area contributed by atoms with E-state index in [4.69, 9.17) is 14.5 Å². The fourth-order valence-electron chi connectivity index (χ4n) is 4.04. The molecule has 168 valence electrons. The number of para-hydroxylation sites is 1. The normalized spacial score (nSPS) is 13.3. The third-order valence-corrected chi connectivity index (χ3v) is 5.73. The van der Waals surface area contributed by atoms with Gasteiger partial charge < -0.3 is 14.4 Å². The SMILES string of the molecule is COc1ccc(-c2nc(NC(=O)c3cc4ccccc4nc3N3CCCC3)n[nH]2)c(OC)c1. The fourth-order valence-corrected chi connectivity index (χ4v) is 4.04. The highest BCUT2D eigenvalue weighted by molar-refractivity contribution is 6.09. The molecule has 4 aromatic rings. The van der Waals surface area contributed by atoms with Crippen molar-refractivity contribution >= 4 is 28.6 Å². The van der Waals surface area contributed by atoms with Crippen LogP contribution in [0.25, 0.3) is 22.3 Å². The summed E-state index contributed by atoms with van der Waals surface area (Å²) < 4.78 is 10.7. The lowest BCUT2D eigenvalue weighted by Gasteiger charge is -2.20. The Labute approximate surface area is 190 Å². The van der Waals surface area contributed by atoms with Gasteiger partial charge in [0.15, 0.2) is 5.82 Å². The number of amides is 1. The lowest BCUT2D eigenvalue weighted by molar-refractivity contribution is 0.102. The van der Waals surface area contributed by atoms with Crippen LogP contribution in [0.1, 0.15) is 23.2 Å². The van der Waals surface area contributed by atoms with E-state index in [1.54, 1.807) is 20.3 Å². The molecule has 5 rings (SSSR count). The average Bonchev–Trinajstić information content (AvgIpc) is 3.55. The molecule has 1 fully saturated rings. The first-order valence-corrected chi connectivity index (χ1v) is 10.8. The Kier molecular flexibility index (Phi) is 5.52. The van der Waals surface area contributed by atoms with E-state index >= 15 is 0 Å². The number of nitrogens with one attached hydrogen (secondary N) is 2. The third kappa shape index (κ3) is 4.05. The molecule has 1 aliphatic heterocycles. The first kappa shape index (κ1) is 20.7. The number of ether oxygens (including phenoxy) is 2. The van der Waals surface area contributed by atoms with Gasteiger partial charge in [-0.2, -0.15) is 4.98 Å². The number of carbonyl (C=O) groups is 1. The second-order valence-electron chi connectivity index (χ2n) is 7.77. The van der Waals surface area contributed by atoms with Crippen LogP contribution in [0.15, 0.2) is 48.5 Å². The number of H-pyrrole nitrogens is 1. The molecule has 0 unspecified atom stereocenters. The Hall–Kier alpha value is -4.14. The van der Waals surface area contributed by atoms with Crippen molar-refractivity contribution in [3.8, 4) is 22.9 Å². The largest absolute Gasteiger partial charge is 0.497 e. The summed E-state index contributed by atoms with van der Waals surface area (Å²) in [5.41, 5.74) is 2.07. The smallest absolute Gasteiger partial charge is 0.261 e. The monoisotopic (exact) mass is 444 g/mol. The first-order valence-electron chi connectivity index (χ1n) is 10.8. The molecule has 2 aromatic carbocycles. The number of aromatic nitrogens is 4. The highest BCUT2D eigenvalue weighted by atomic mass is 16.5. The zero-order valence-electron chi connectivity index (χ0n) is 18.5. The molecule has 1 aliphatic rings. The van der Waals surface area contributed by atoms with Crippen molar-refractivity contribution in [1.82, 2.24) is 20.2 Å². The van der Waals surface area contributed by atoms with Gasteiger partial charge in [-0.05, 0) is 37.1 Å². The van der Waals surface area contributed by atoms with Gasteiger partial charge in [0.2, 0.25) is 5.95 Å². The standard InChI is InChI=1S/C24H24N6O3/c1-32-16-9-10-17(20(14-16)33-2)21-26-24(29-28-21)27-23(31)18-13-15-7-3-4-8-19(15)25-22(18)30-11-5-6-12-30/h3-4,7-10,13-14H,5-6,11-12H2,1-2H3,(H2,26,27,28,29,31). The number of fused-ring (bicyclic) bond motifs is 1. The van der Waals surface area contributed by atoms with Crippen LogP contribution in [0.2, 0.25) is 0 Å². The topological polar surface area (TPSA) is 105 Å². The number of methoxy groups -OCH3 is 2. The second kappa shape index (κ2) is 8.78. The molecule has 9 heteroatoms. The van der Waals surface area contributed by atoms with E-state index in [2.05, 4.69) is 25.4 Å². The lowest BCUT2D eigenvalue weighted by Crippen LogP contribution is -2.24. The Morgan fingerprint density at radius 1 is 1.03 bits per heavy atom. The molecule has 3 heterocycles. The third-order valence-electron chi connectivity index (χ3n) is 5.73. The number of benzene rings is 2. The number of pyridine rings is 1. The van der Waals surface area contributed by atoms with E-state index in [0.29, 0.717) is 34.3 Å². The number of anilines is 2. The Morgan fingerprint density at radius 2 is 1.85 bits per heavy atom. The highest BCUT2D eigenvalue weighted by Crippen LogP contribution is 2.32. The van der Waals surface area contributed by atoms with Gasteiger partial charge in [-0.25, -0.2) is 4.98 Å². The molecule has 0 bridgehead atoms. The van der Waals surface area contributed by atoms with Crippen molar-refractivity contribution in [2.45, 2.75) is 12.8 Å². The molecule has 0 radical (unpaired) electrons. The van der Waals surface area contributed by atoms with E-state index in [1.165, 1.54) is 0 Å². The lowest BCUT2D eigenvalue weighted by atomic mass is 10.1. The van der Waals surface area contributed by atoms with E-state index in [0.717, 1.165) is 36.8 Å².